The molecule has 0 aromatic heterocycles. The summed E-state index contributed by atoms with van der Waals surface area (Å²) in [5.41, 5.74) is 3.13. The molecule has 3 saturated carbocycles. The lowest BCUT2D eigenvalue weighted by atomic mass is 9.46. The van der Waals surface area contributed by atoms with Crippen LogP contribution < -0.4 is 5.32 Å². The van der Waals surface area contributed by atoms with Gasteiger partial charge in [0.05, 0.1) is 25.0 Å². The lowest BCUT2D eigenvalue weighted by molar-refractivity contribution is -0.117. The molecule has 0 radical (unpaired) electrons. The normalized spacial score (nSPS) is 40.9. The van der Waals surface area contributed by atoms with Gasteiger partial charge in [0, 0.05) is 31.5 Å². The van der Waals surface area contributed by atoms with E-state index in [1.165, 1.54) is 31.3 Å². The molecular weight excluding hydrogens is 502 g/mol. The first kappa shape index (κ1) is 28.4. The van der Waals surface area contributed by atoms with E-state index in [0.29, 0.717) is 61.2 Å². The number of nitrogens with one attached hydrogen (secondary N) is 1. The predicted octanol–water partition coefficient (Wildman–Crippen LogP) is 6.13. The minimum Gasteiger partial charge on any atom is -0.377 e. The Kier molecular flexibility index (Phi) is 7.47. The maximum Gasteiger partial charge on any atom is 0.436 e. The van der Waals surface area contributed by atoms with Crippen molar-refractivity contribution in [3.05, 3.63) is 11.6 Å². The highest BCUT2D eigenvalue weighted by atomic mass is 16.7. The predicted molar refractivity (Wildman–Crippen MR) is 156 cm³/mol. The molecule has 222 valence electrons. The molecule has 0 aromatic rings. The molecule has 2 aliphatic heterocycles. The molecule has 6 aliphatic rings. The maximum absolute atomic E-state index is 13.3. The van der Waals surface area contributed by atoms with Gasteiger partial charge in [-0.3, -0.25) is 14.5 Å². The maximum atomic E-state index is 13.3. The summed E-state index contributed by atoms with van der Waals surface area (Å²) in [6, 6.07) is 0.521. The summed E-state index contributed by atoms with van der Waals surface area (Å²) in [6.45, 7) is 14.5. The number of amides is 1. The van der Waals surface area contributed by atoms with Crippen molar-refractivity contribution >= 4 is 17.6 Å². The summed E-state index contributed by atoms with van der Waals surface area (Å²) < 4.78 is 5.42. The molecule has 2 saturated heterocycles. The molecule has 1 amide bonds. The monoisotopic (exact) mass is 553 g/mol. The Balaban J connectivity index is 1.10. The van der Waals surface area contributed by atoms with Gasteiger partial charge in [-0.1, -0.05) is 38.4 Å². The van der Waals surface area contributed by atoms with E-state index in [9.17, 15) is 9.59 Å². The molecule has 6 rings (SSSR count). The Morgan fingerprint density at radius 2 is 1.90 bits per heavy atom. The molecule has 0 bridgehead atoms. The summed E-state index contributed by atoms with van der Waals surface area (Å²) in [6.07, 6.45) is 12.5. The lowest BCUT2D eigenvalue weighted by Crippen LogP contribution is -2.52. The van der Waals surface area contributed by atoms with Gasteiger partial charge in [0.15, 0.2) is 5.78 Å². The van der Waals surface area contributed by atoms with Crippen LogP contribution in [0.1, 0.15) is 98.8 Å². The fourth-order valence-corrected chi connectivity index (χ4v) is 10.0. The van der Waals surface area contributed by atoms with Crippen molar-refractivity contribution in [2.45, 2.75) is 111 Å². The Morgan fingerprint density at radius 3 is 2.60 bits per heavy atom. The molecule has 1 unspecified atom stereocenters. The van der Waals surface area contributed by atoms with Crippen molar-refractivity contribution in [3.63, 3.8) is 0 Å². The first-order valence-electron chi connectivity index (χ1n) is 16.1. The van der Waals surface area contributed by atoms with Gasteiger partial charge in [0.1, 0.15) is 0 Å². The van der Waals surface area contributed by atoms with E-state index in [-0.39, 0.29) is 23.0 Å². The van der Waals surface area contributed by atoms with Crippen LogP contribution in [0.4, 0.5) is 4.79 Å². The lowest BCUT2D eigenvalue weighted by Gasteiger charge is -2.58. The summed E-state index contributed by atoms with van der Waals surface area (Å²) >= 11 is 0. The molecule has 0 spiro atoms. The molecule has 5 fully saturated rings. The van der Waals surface area contributed by atoms with Gasteiger partial charge in [-0.15, -0.1) is 0 Å². The van der Waals surface area contributed by atoms with Crippen molar-refractivity contribution in [2.24, 2.45) is 45.1 Å². The quantitative estimate of drug-likeness (QED) is 0.243. The third kappa shape index (κ3) is 4.97. The zero-order chi connectivity index (χ0) is 28.3. The highest BCUT2D eigenvalue weighted by Gasteiger charge is 2.59. The number of nitrogens with zero attached hydrogens (tertiary/aromatic N) is 2. The van der Waals surface area contributed by atoms with Gasteiger partial charge in [0.2, 0.25) is 0 Å². The molecule has 7 heteroatoms. The first-order chi connectivity index (χ1) is 19.0. The molecule has 7 nitrogen and oxygen atoms in total. The van der Waals surface area contributed by atoms with E-state index in [2.05, 4.69) is 45.1 Å². The van der Waals surface area contributed by atoms with Gasteiger partial charge in [-0.25, -0.2) is 4.79 Å². The number of ketones is 1. The topological polar surface area (TPSA) is 80.2 Å². The number of rotatable bonds is 6. The van der Waals surface area contributed by atoms with Crippen molar-refractivity contribution in [1.29, 1.82) is 0 Å². The number of allylic oxidation sites excluding steroid dienone is 1. The summed E-state index contributed by atoms with van der Waals surface area (Å²) in [5.74, 6) is 2.77. The number of hydrogen-bond acceptors (Lipinski definition) is 6. The highest BCUT2D eigenvalue weighted by molar-refractivity contribution is 5.91. The zero-order valence-electron chi connectivity index (χ0n) is 25.5. The molecule has 7 atom stereocenters. The van der Waals surface area contributed by atoms with Crippen LogP contribution >= 0.6 is 0 Å². The highest BCUT2D eigenvalue weighted by Crippen LogP contribution is 2.66. The van der Waals surface area contributed by atoms with Crippen LogP contribution in [0.3, 0.4) is 0 Å². The van der Waals surface area contributed by atoms with Gasteiger partial charge in [0.25, 0.3) is 0 Å². The second-order valence-electron chi connectivity index (χ2n) is 15.4. The Hall–Kier alpha value is -1.73. The van der Waals surface area contributed by atoms with Crippen molar-refractivity contribution in [2.75, 3.05) is 26.3 Å². The van der Waals surface area contributed by atoms with E-state index in [0.717, 1.165) is 50.3 Å². The Morgan fingerprint density at radius 1 is 1.10 bits per heavy atom. The van der Waals surface area contributed by atoms with Crippen LogP contribution in [0, 0.1) is 39.9 Å². The average molecular weight is 554 g/mol. The second kappa shape index (κ2) is 10.5. The zero-order valence-corrected chi connectivity index (χ0v) is 25.5. The Bertz CT molecular complexity index is 1080. The van der Waals surface area contributed by atoms with Crippen LogP contribution in [0.15, 0.2) is 16.8 Å². The molecule has 4 aliphatic carbocycles. The summed E-state index contributed by atoms with van der Waals surface area (Å²) in [7, 11) is 0. The molecule has 1 N–H and O–H groups in total. The largest absolute Gasteiger partial charge is 0.436 e. The molecule has 40 heavy (non-hydrogen) atoms. The fraction of sp³-hybridized carbons (Fsp3) is 0.848. The van der Waals surface area contributed by atoms with Crippen LogP contribution in [0.25, 0.3) is 0 Å². The first-order valence-corrected chi connectivity index (χ1v) is 16.1. The van der Waals surface area contributed by atoms with Gasteiger partial charge in [-0.05, 0) is 105 Å². The van der Waals surface area contributed by atoms with Crippen LogP contribution in [0.2, 0.25) is 0 Å². The number of carbonyl (C=O) groups excluding carboxylic acids is 2. The minimum absolute atomic E-state index is 0.0859. The van der Waals surface area contributed by atoms with E-state index in [1.807, 2.05) is 11.0 Å². The number of fused-ring (bicyclic) bond motifs is 5. The van der Waals surface area contributed by atoms with E-state index < -0.39 is 0 Å². The number of hydrogen-bond donors (Lipinski definition) is 1. The van der Waals surface area contributed by atoms with Crippen LogP contribution in [-0.4, -0.2) is 60.9 Å². The van der Waals surface area contributed by atoms with E-state index in [1.54, 1.807) is 0 Å². The van der Waals surface area contributed by atoms with Crippen LogP contribution in [-0.2, 0) is 14.4 Å². The van der Waals surface area contributed by atoms with E-state index in [4.69, 9.17) is 9.57 Å². The number of carbonyl (C=O) groups is 2. The molecule has 2 heterocycles. The third-order valence-corrected chi connectivity index (χ3v) is 12.4. The number of ether oxygens (including phenoxy) is 1. The van der Waals surface area contributed by atoms with E-state index >= 15 is 0 Å². The third-order valence-electron chi connectivity index (χ3n) is 12.4. The standard InChI is InChI=1S/C33H51N3O4/c1-21(35-40-30(38)36(24-18-39-19-24)15-12-23-17-31(2,3)20-34-23)27-8-9-28-26-7-6-22-16-25(37)10-13-32(22,4)29(26)11-14-33(27,28)5/h16,23-24,26-29,34H,6-15,17-20H2,1-5H3/b35-21+/t23?,26-,27+,28-,29-,32-,33+/m0/s1. The average Bonchev–Trinajstić information content (AvgIpc) is 3.42. The van der Waals surface area contributed by atoms with Gasteiger partial charge in [-0.2, -0.15) is 0 Å². The SMILES string of the molecule is C/C(=N\OC(=O)N(CCC1CC(C)(C)CN1)C1COC1)[C@H]1CC[C@H]2[C@@H]3CCC4=CC(=O)CC[C@]4(C)[C@H]3CC[C@]12C. The molecular formula is C33H51N3O4. The smallest absolute Gasteiger partial charge is 0.377 e. The van der Waals surface area contributed by atoms with Crippen molar-refractivity contribution in [1.82, 2.24) is 10.2 Å². The Labute approximate surface area is 240 Å². The van der Waals surface area contributed by atoms with Crippen molar-refractivity contribution in [3.8, 4) is 0 Å². The fourth-order valence-electron chi connectivity index (χ4n) is 10.0. The van der Waals surface area contributed by atoms with Crippen molar-refractivity contribution < 1.29 is 19.2 Å². The second-order valence-corrected chi connectivity index (χ2v) is 15.4. The minimum atomic E-state index is -0.334. The summed E-state index contributed by atoms with van der Waals surface area (Å²) in [5, 5.41) is 8.14. The summed E-state index contributed by atoms with van der Waals surface area (Å²) in [4.78, 5) is 33.0. The molecule has 0 aromatic carbocycles. The van der Waals surface area contributed by atoms with Gasteiger partial charge >= 0.3 is 6.09 Å². The van der Waals surface area contributed by atoms with Crippen LogP contribution in [0.5, 0.6) is 0 Å². The van der Waals surface area contributed by atoms with Gasteiger partial charge < -0.3 is 10.1 Å². The number of oxime groups is 1.